The van der Waals surface area contributed by atoms with E-state index in [0.717, 1.165) is 12.2 Å². The number of carbonyl (C=O) groups excluding carboxylic acids is 2. The van der Waals surface area contributed by atoms with Crippen molar-refractivity contribution in [2.24, 2.45) is 0 Å². The fourth-order valence-electron chi connectivity index (χ4n) is 1.27. The molecular formula is C17H32N2O8. The summed E-state index contributed by atoms with van der Waals surface area (Å²) in [4.78, 5) is 21.3. The van der Waals surface area contributed by atoms with Gasteiger partial charge in [-0.25, -0.2) is 0 Å². The molecule has 0 aromatic rings. The van der Waals surface area contributed by atoms with Crippen molar-refractivity contribution < 1.29 is 39.5 Å². The van der Waals surface area contributed by atoms with Gasteiger partial charge in [0.1, 0.15) is 0 Å². The van der Waals surface area contributed by atoms with Crippen molar-refractivity contribution in [1.82, 2.24) is 10.6 Å². The van der Waals surface area contributed by atoms with E-state index in [2.05, 4.69) is 13.2 Å². The van der Waals surface area contributed by atoms with Crippen molar-refractivity contribution in [3.8, 4) is 0 Å². The van der Waals surface area contributed by atoms with Crippen LogP contribution in [0.2, 0.25) is 0 Å². The van der Waals surface area contributed by atoms with Crippen LogP contribution in [-0.4, -0.2) is 82.8 Å². The third-order valence-electron chi connectivity index (χ3n) is 2.74. The van der Waals surface area contributed by atoms with Gasteiger partial charge in [0.2, 0.25) is 11.8 Å². The number of aliphatic hydroxyl groups is 4. The molecule has 6 N–H and O–H groups in total. The zero-order valence-electron chi connectivity index (χ0n) is 16.0. The van der Waals surface area contributed by atoms with E-state index in [1.54, 1.807) is 13.8 Å². The van der Waals surface area contributed by atoms with Crippen molar-refractivity contribution in [3.63, 3.8) is 0 Å². The van der Waals surface area contributed by atoms with E-state index in [0.29, 0.717) is 13.2 Å². The van der Waals surface area contributed by atoms with Gasteiger partial charge in [-0.1, -0.05) is 13.2 Å². The van der Waals surface area contributed by atoms with Crippen LogP contribution < -0.4 is 10.6 Å². The molecular weight excluding hydrogens is 360 g/mol. The molecule has 0 bridgehead atoms. The highest BCUT2D eigenvalue weighted by Gasteiger charge is 2.18. The van der Waals surface area contributed by atoms with Crippen LogP contribution in [-0.2, 0) is 19.1 Å². The Hall–Kier alpha value is -1.82. The number of aliphatic hydroxyl groups excluding tert-OH is 4. The highest BCUT2D eigenvalue weighted by molar-refractivity contribution is 5.88. The van der Waals surface area contributed by atoms with Gasteiger partial charge >= 0.3 is 0 Å². The van der Waals surface area contributed by atoms with Crippen molar-refractivity contribution in [2.75, 3.05) is 19.8 Å². The molecule has 2 amide bonds. The van der Waals surface area contributed by atoms with Gasteiger partial charge in [-0.05, 0) is 32.9 Å². The topological polar surface area (TPSA) is 158 Å². The summed E-state index contributed by atoms with van der Waals surface area (Å²) in [6.07, 6.45) is -2.00. The number of hydrogen-bond acceptors (Lipinski definition) is 8. The molecule has 158 valence electrons. The molecule has 0 heterocycles. The van der Waals surface area contributed by atoms with Crippen LogP contribution in [0.5, 0.6) is 0 Å². The second-order valence-corrected chi connectivity index (χ2v) is 5.63. The van der Waals surface area contributed by atoms with Gasteiger partial charge in [-0.2, -0.15) is 0 Å². The first-order valence-electron chi connectivity index (χ1n) is 8.31. The maximum absolute atomic E-state index is 10.6. The van der Waals surface area contributed by atoms with Crippen LogP contribution in [0.4, 0.5) is 0 Å². The molecule has 0 spiro atoms. The smallest absolute Gasteiger partial charge is 0.245 e. The SMILES string of the molecule is C=CC(=O)NC(O)C(O)NC(=O)C=C.CC(O)COC(C)COC(C)CO. The fourth-order valence-corrected chi connectivity index (χ4v) is 1.27. The summed E-state index contributed by atoms with van der Waals surface area (Å²) in [7, 11) is 0. The zero-order valence-corrected chi connectivity index (χ0v) is 16.0. The average Bonchev–Trinajstić information content (AvgIpc) is 2.64. The molecule has 0 aliphatic rings. The minimum absolute atomic E-state index is 0.0170. The summed E-state index contributed by atoms with van der Waals surface area (Å²) in [5.74, 6) is -1.33. The summed E-state index contributed by atoms with van der Waals surface area (Å²) in [5.41, 5.74) is 0. The van der Waals surface area contributed by atoms with Gasteiger partial charge in [-0.3, -0.25) is 9.59 Å². The van der Waals surface area contributed by atoms with Gasteiger partial charge in [0.15, 0.2) is 12.5 Å². The van der Waals surface area contributed by atoms with Crippen LogP contribution in [0, 0.1) is 0 Å². The normalized spacial score (nSPS) is 15.8. The molecule has 10 heteroatoms. The van der Waals surface area contributed by atoms with Crippen molar-refractivity contribution in [1.29, 1.82) is 0 Å². The molecule has 5 atom stereocenters. The fraction of sp³-hybridized carbons (Fsp3) is 0.647. The van der Waals surface area contributed by atoms with E-state index in [1.165, 1.54) is 0 Å². The minimum Gasteiger partial charge on any atom is -0.394 e. The first-order chi connectivity index (χ1) is 12.6. The molecule has 10 nitrogen and oxygen atoms in total. The largest absolute Gasteiger partial charge is 0.394 e. The van der Waals surface area contributed by atoms with Crippen LogP contribution in [0.15, 0.2) is 25.3 Å². The molecule has 0 saturated carbocycles. The Morgan fingerprint density at radius 2 is 1.30 bits per heavy atom. The molecule has 0 fully saturated rings. The van der Waals surface area contributed by atoms with E-state index in [-0.39, 0.29) is 18.8 Å². The van der Waals surface area contributed by atoms with Crippen molar-refractivity contribution in [2.45, 2.75) is 51.5 Å². The third-order valence-corrected chi connectivity index (χ3v) is 2.74. The number of carbonyl (C=O) groups is 2. The Morgan fingerprint density at radius 3 is 1.63 bits per heavy atom. The van der Waals surface area contributed by atoms with Crippen LogP contribution in [0.3, 0.4) is 0 Å². The lowest BCUT2D eigenvalue weighted by atomic mass is 10.4. The van der Waals surface area contributed by atoms with E-state index in [9.17, 15) is 9.59 Å². The summed E-state index contributed by atoms with van der Waals surface area (Å²) >= 11 is 0. The third kappa shape index (κ3) is 17.4. The molecule has 0 saturated heterocycles. The van der Waals surface area contributed by atoms with Crippen LogP contribution in [0.25, 0.3) is 0 Å². The Labute approximate surface area is 159 Å². The molecule has 0 aromatic carbocycles. The lowest BCUT2D eigenvalue weighted by Gasteiger charge is -2.18. The Morgan fingerprint density at radius 1 is 0.889 bits per heavy atom. The summed E-state index contributed by atoms with van der Waals surface area (Å²) in [6, 6.07) is 0. The average molecular weight is 392 g/mol. The summed E-state index contributed by atoms with van der Waals surface area (Å²) < 4.78 is 10.5. The predicted octanol–water partition coefficient (Wildman–Crippen LogP) is -1.60. The molecule has 27 heavy (non-hydrogen) atoms. The van der Waals surface area contributed by atoms with Gasteiger partial charge in [-0.15, -0.1) is 0 Å². The summed E-state index contributed by atoms with van der Waals surface area (Å²) in [5, 5.41) is 39.7. The minimum atomic E-state index is -1.59. The number of amides is 2. The number of hydrogen-bond donors (Lipinski definition) is 6. The van der Waals surface area contributed by atoms with E-state index < -0.39 is 30.4 Å². The number of nitrogens with one attached hydrogen (secondary N) is 2. The Kier molecular flexibility index (Phi) is 16.6. The quantitative estimate of drug-likeness (QED) is 0.171. The van der Waals surface area contributed by atoms with Crippen LogP contribution in [0.1, 0.15) is 20.8 Å². The molecule has 5 unspecified atom stereocenters. The second kappa shape index (κ2) is 16.4. The van der Waals surface area contributed by atoms with E-state index >= 15 is 0 Å². The van der Waals surface area contributed by atoms with Gasteiger partial charge in [0.25, 0.3) is 0 Å². The van der Waals surface area contributed by atoms with Gasteiger partial charge in [0.05, 0.1) is 38.1 Å². The second-order valence-electron chi connectivity index (χ2n) is 5.63. The first kappa shape index (κ1) is 27.4. The van der Waals surface area contributed by atoms with E-state index in [1.807, 2.05) is 17.6 Å². The lowest BCUT2D eigenvalue weighted by molar-refractivity contribution is -0.128. The van der Waals surface area contributed by atoms with Crippen LogP contribution >= 0.6 is 0 Å². The maximum atomic E-state index is 10.6. The highest BCUT2D eigenvalue weighted by Crippen LogP contribution is 1.97. The maximum Gasteiger partial charge on any atom is 0.245 e. The zero-order chi connectivity index (χ0) is 21.4. The van der Waals surface area contributed by atoms with Gasteiger partial charge < -0.3 is 40.5 Å². The van der Waals surface area contributed by atoms with Gasteiger partial charge in [0, 0.05) is 0 Å². The first-order valence-corrected chi connectivity index (χ1v) is 8.31. The Bertz CT molecular complexity index is 419. The highest BCUT2D eigenvalue weighted by atomic mass is 16.5. The predicted molar refractivity (Wildman–Crippen MR) is 98.3 cm³/mol. The number of ether oxygens (including phenoxy) is 2. The van der Waals surface area contributed by atoms with Crippen molar-refractivity contribution >= 4 is 11.8 Å². The lowest BCUT2D eigenvalue weighted by Crippen LogP contribution is -2.51. The molecule has 0 radical (unpaired) electrons. The molecule has 0 aromatic heterocycles. The van der Waals surface area contributed by atoms with Crippen molar-refractivity contribution in [3.05, 3.63) is 25.3 Å². The Balaban J connectivity index is 0. The summed E-state index contributed by atoms with van der Waals surface area (Å²) in [6.45, 7) is 12.4. The standard InChI is InChI=1S/C9H20O4.C8H12N2O4/c1-7(11)5-12-9(3)6-13-8(2)4-10;1-3-5(11)9-7(13)8(14)10-6(12)4-2/h7-11H,4-6H2,1-3H3;3-4,7-8,13-14H,1-2H2,(H,9,11)(H,10,12). The number of rotatable bonds is 12. The molecule has 0 aliphatic carbocycles. The monoisotopic (exact) mass is 392 g/mol. The molecule has 0 rings (SSSR count). The van der Waals surface area contributed by atoms with E-state index in [4.69, 9.17) is 29.9 Å². The molecule has 0 aliphatic heterocycles.